The number of aryl methyl sites for hydroxylation is 3. The second-order valence-corrected chi connectivity index (χ2v) is 8.72. The number of ether oxygens (including phenoxy) is 2. The van der Waals surface area contributed by atoms with E-state index in [1.54, 1.807) is 4.90 Å². The van der Waals surface area contributed by atoms with Crippen LogP contribution in [0.4, 0.5) is 5.69 Å². The van der Waals surface area contributed by atoms with Crippen LogP contribution in [0.5, 0.6) is 11.5 Å². The highest BCUT2D eigenvalue weighted by Gasteiger charge is 2.28. The largest absolute Gasteiger partial charge is 0.490 e. The smallest absolute Gasteiger partial charge is 0.244 e. The number of hydrogen-bond donors (Lipinski definition) is 0. The molecule has 0 aromatic heterocycles. The first-order valence-corrected chi connectivity index (χ1v) is 11.8. The predicted octanol–water partition coefficient (Wildman–Crippen LogP) is 5.42. The van der Waals surface area contributed by atoms with Gasteiger partial charge in [-0.25, -0.2) is 0 Å². The number of amides is 1. The summed E-state index contributed by atoms with van der Waals surface area (Å²) >= 11 is 0. The van der Waals surface area contributed by atoms with Gasteiger partial charge in [0.2, 0.25) is 5.91 Å². The Morgan fingerprint density at radius 1 is 1.03 bits per heavy atom. The topological polar surface area (TPSA) is 62.6 Å². The maximum absolute atomic E-state index is 13.2. The van der Waals surface area contributed by atoms with E-state index in [2.05, 4.69) is 18.2 Å². The summed E-state index contributed by atoms with van der Waals surface area (Å²) in [5, 5.41) is 9.73. The standard InChI is InChI=1S/C29H30N2O3/c1-21-9-10-22(2)28(18-21)34-17-16-33-26-13-11-23(12-14-26)19-25(20-30)29(32)31-15-5-7-24-6-3-4-8-27(24)31/h3-4,6,8-14,18,25H,5,7,15-17,19H2,1-2H3. The minimum atomic E-state index is -0.719. The van der Waals surface area contributed by atoms with E-state index in [0.717, 1.165) is 46.7 Å². The molecule has 34 heavy (non-hydrogen) atoms. The summed E-state index contributed by atoms with van der Waals surface area (Å²) in [6.07, 6.45) is 2.26. The lowest BCUT2D eigenvalue weighted by Crippen LogP contribution is -2.40. The molecule has 0 saturated carbocycles. The van der Waals surface area contributed by atoms with Crippen molar-refractivity contribution in [1.82, 2.24) is 0 Å². The maximum atomic E-state index is 13.2. The van der Waals surface area contributed by atoms with E-state index in [1.165, 1.54) is 5.56 Å². The molecule has 0 radical (unpaired) electrons. The number of carbonyl (C=O) groups excluding carboxylic acids is 1. The fraction of sp³-hybridized carbons (Fsp3) is 0.310. The van der Waals surface area contributed by atoms with Crippen molar-refractivity contribution in [3.05, 3.63) is 89.0 Å². The number of nitriles is 1. The molecule has 0 aliphatic carbocycles. The van der Waals surface area contributed by atoms with Gasteiger partial charge in [0.25, 0.3) is 0 Å². The Hall–Kier alpha value is -3.78. The zero-order chi connectivity index (χ0) is 23.9. The van der Waals surface area contributed by atoms with Gasteiger partial charge in [0.1, 0.15) is 30.6 Å². The van der Waals surface area contributed by atoms with Crippen LogP contribution in [-0.4, -0.2) is 25.7 Å². The third-order valence-electron chi connectivity index (χ3n) is 6.15. The minimum Gasteiger partial charge on any atom is -0.490 e. The molecule has 174 valence electrons. The Morgan fingerprint density at radius 2 is 1.79 bits per heavy atom. The second-order valence-electron chi connectivity index (χ2n) is 8.72. The highest BCUT2D eigenvalue weighted by Crippen LogP contribution is 2.28. The van der Waals surface area contributed by atoms with E-state index in [1.807, 2.05) is 68.4 Å². The van der Waals surface area contributed by atoms with E-state index in [0.29, 0.717) is 26.2 Å². The second kappa shape index (κ2) is 10.9. The van der Waals surface area contributed by atoms with Gasteiger partial charge in [-0.3, -0.25) is 4.79 Å². The lowest BCUT2D eigenvalue weighted by molar-refractivity contribution is -0.120. The van der Waals surface area contributed by atoms with Crippen molar-refractivity contribution in [1.29, 1.82) is 5.26 Å². The molecular formula is C29H30N2O3. The van der Waals surface area contributed by atoms with Crippen LogP contribution in [0, 0.1) is 31.1 Å². The Balaban J connectivity index is 1.31. The van der Waals surface area contributed by atoms with E-state index in [9.17, 15) is 10.1 Å². The summed E-state index contributed by atoms with van der Waals surface area (Å²) in [5.74, 6) is 0.767. The fourth-order valence-electron chi connectivity index (χ4n) is 4.27. The van der Waals surface area contributed by atoms with Crippen LogP contribution in [0.1, 0.15) is 28.7 Å². The minimum absolute atomic E-state index is 0.126. The summed E-state index contributed by atoms with van der Waals surface area (Å²) < 4.78 is 11.6. The van der Waals surface area contributed by atoms with Crippen molar-refractivity contribution in [3.8, 4) is 17.6 Å². The third-order valence-corrected chi connectivity index (χ3v) is 6.15. The molecule has 3 aromatic rings. The van der Waals surface area contributed by atoms with Gasteiger partial charge >= 0.3 is 0 Å². The molecular weight excluding hydrogens is 424 g/mol. The Labute approximate surface area is 201 Å². The normalized spacial score (nSPS) is 13.5. The van der Waals surface area contributed by atoms with Gasteiger partial charge in [-0.15, -0.1) is 0 Å². The first kappa shape index (κ1) is 23.4. The van der Waals surface area contributed by atoms with E-state index >= 15 is 0 Å². The molecule has 0 saturated heterocycles. The molecule has 3 aromatic carbocycles. The van der Waals surface area contributed by atoms with Gasteiger partial charge in [-0.05, 0) is 79.6 Å². The SMILES string of the molecule is Cc1ccc(C)c(OCCOc2ccc(CC(C#N)C(=O)N3CCCc4ccccc43)cc2)c1. The van der Waals surface area contributed by atoms with E-state index in [-0.39, 0.29) is 5.91 Å². The Kier molecular flexibility index (Phi) is 7.49. The molecule has 1 heterocycles. The predicted molar refractivity (Wildman–Crippen MR) is 133 cm³/mol. The van der Waals surface area contributed by atoms with Crippen LogP contribution in [-0.2, 0) is 17.6 Å². The number of benzene rings is 3. The average molecular weight is 455 g/mol. The van der Waals surface area contributed by atoms with Crippen LogP contribution in [0.15, 0.2) is 66.7 Å². The van der Waals surface area contributed by atoms with E-state index < -0.39 is 5.92 Å². The van der Waals surface area contributed by atoms with Crippen LogP contribution >= 0.6 is 0 Å². The summed E-state index contributed by atoms with van der Waals surface area (Å²) in [6, 6.07) is 23.9. The summed E-state index contributed by atoms with van der Waals surface area (Å²) in [7, 11) is 0. The molecule has 0 N–H and O–H groups in total. The molecule has 5 nitrogen and oxygen atoms in total. The molecule has 1 amide bonds. The third kappa shape index (κ3) is 5.58. The van der Waals surface area contributed by atoms with Crippen molar-refractivity contribution in [2.45, 2.75) is 33.1 Å². The molecule has 1 atom stereocenters. The van der Waals surface area contributed by atoms with Crippen LogP contribution in [0.2, 0.25) is 0 Å². The highest BCUT2D eigenvalue weighted by atomic mass is 16.5. The first-order valence-electron chi connectivity index (χ1n) is 11.8. The number of nitrogens with zero attached hydrogens (tertiary/aromatic N) is 2. The lowest BCUT2D eigenvalue weighted by Gasteiger charge is -2.30. The van der Waals surface area contributed by atoms with Crippen LogP contribution in [0.25, 0.3) is 0 Å². The molecule has 0 bridgehead atoms. The molecule has 1 unspecified atom stereocenters. The summed E-state index contributed by atoms with van der Waals surface area (Å²) in [5.41, 5.74) is 5.30. The van der Waals surface area contributed by atoms with Gasteiger partial charge < -0.3 is 14.4 Å². The zero-order valence-electron chi connectivity index (χ0n) is 19.8. The van der Waals surface area contributed by atoms with Crippen LogP contribution in [0.3, 0.4) is 0 Å². The number of rotatable bonds is 8. The van der Waals surface area contributed by atoms with Crippen molar-refractivity contribution in [3.63, 3.8) is 0 Å². The van der Waals surface area contributed by atoms with Crippen molar-refractivity contribution < 1.29 is 14.3 Å². The zero-order valence-corrected chi connectivity index (χ0v) is 19.8. The van der Waals surface area contributed by atoms with Crippen LogP contribution < -0.4 is 14.4 Å². The first-order chi connectivity index (χ1) is 16.5. The summed E-state index contributed by atoms with van der Waals surface area (Å²) in [6.45, 7) is 5.61. The number of fused-ring (bicyclic) bond motifs is 1. The van der Waals surface area contributed by atoms with Gasteiger partial charge in [-0.1, -0.05) is 42.5 Å². The number of para-hydroxylation sites is 1. The average Bonchev–Trinajstić information content (AvgIpc) is 2.87. The van der Waals surface area contributed by atoms with E-state index in [4.69, 9.17) is 9.47 Å². The fourth-order valence-corrected chi connectivity index (χ4v) is 4.27. The molecule has 5 heteroatoms. The number of anilines is 1. The lowest BCUT2D eigenvalue weighted by atomic mass is 9.96. The van der Waals surface area contributed by atoms with Gasteiger partial charge in [-0.2, -0.15) is 5.26 Å². The Bertz CT molecular complexity index is 1180. The molecule has 0 spiro atoms. The van der Waals surface area contributed by atoms with Crippen molar-refractivity contribution in [2.24, 2.45) is 5.92 Å². The van der Waals surface area contributed by atoms with Gasteiger partial charge in [0.15, 0.2) is 0 Å². The number of hydrogen-bond acceptors (Lipinski definition) is 4. The highest BCUT2D eigenvalue weighted by molar-refractivity contribution is 5.97. The quantitative estimate of drug-likeness (QED) is 0.426. The molecule has 1 aliphatic heterocycles. The maximum Gasteiger partial charge on any atom is 0.244 e. The van der Waals surface area contributed by atoms with Crippen molar-refractivity contribution in [2.75, 3.05) is 24.7 Å². The Morgan fingerprint density at radius 3 is 2.59 bits per heavy atom. The van der Waals surface area contributed by atoms with Crippen molar-refractivity contribution >= 4 is 11.6 Å². The number of carbonyl (C=O) groups is 1. The monoisotopic (exact) mass is 454 g/mol. The van der Waals surface area contributed by atoms with Gasteiger partial charge in [0.05, 0.1) is 6.07 Å². The molecule has 4 rings (SSSR count). The summed E-state index contributed by atoms with van der Waals surface area (Å²) in [4.78, 5) is 14.9. The van der Waals surface area contributed by atoms with Gasteiger partial charge in [0, 0.05) is 12.2 Å². The molecule has 1 aliphatic rings. The molecule has 0 fully saturated rings.